The van der Waals surface area contributed by atoms with E-state index in [4.69, 9.17) is 5.11 Å². The second kappa shape index (κ2) is 6.53. The minimum atomic E-state index is -0.612. The number of carboxylic acid groups (broad SMARTS) is 1. The van der Waals surface area contributed by atoms with Crippen molar-refractivity contribution < 1.29 is 14.3 Å². The molecule has 2 atom stereocenters. The zero-order valence-electron chi connectivity index (χ0n) is 11.2. The van der Waals surface area contributed by atoms with Crippen LogP contribution in [0.5, 0.6) is 0 Å². The molecule has 2 nitrogen and oxygen atoms in total. The Labute approximate surface area is 108 Å². The first kappa shape index (κ1) is 14.7. The molecule has 0 spiro atoms. The van der Waals surface area contributed by atoms with Crippen molar-refractivity contribution in [3.63, 3.8) is 0 Å². The third-order valence-corrected chi connectivity index (χ3v) is 3.58. The van der Waals surface area contributed by atoms with Crippen LogP contribution in [0.2, 0.25) is 0 Å². The van der Waals surface area contributed by atoms with E-state index in [9.17, 15) is 9.18 Å². The Hall–Kier alpha value is -1.38. The Morgan fingerprint density at radius 3 is 2.33 bits per heavy atom. The first-order valence-corrected chi connectivity index (χ1v) is 6.36. The fourth-order valence-corrected chi connectivity index (χ4v) is 2.15. The van der Waals surface area contributed by atoms with E-state index in [2.05, 4.69) is 6.92 Å². The molecular weight excluding hydrogens is 231 g/mol. The van der Waals surface area contributed by atoms with Crippen molar-refractivity contribution >= 4 is 5.97 Å². The first-order valence-electron chi connectivity index (χ1n) is 6.36. The van der Waals surface area contributed by atoms with Crippen LogP contribution in [0.15, 0.2) is 18.2 Å². The molecule has 0 aliphatic heterocycles. The highest BCUT2D eigenvalue weighted by atomic mass is 19.1. The van der Waals surface area contributed by atoms with Crippen LogP contribution in [0.1, 0.15) is 37.3 Å². The average molecular weight is 252 g/mol. The van der Waals surface area contributed by atoms with Gasteiger partial charge in [0, 0.05) is 0 Å². The van der Waals surface area contributed by atoms with Crippen molar-refractivity contribution in [1.82, 2.24) is 0 Å². The topological polar surface area (TPSA) is 37.3 Å². The zero-order chi connectivity index (χ0) is 13.7. The Morgan fingerprint density at radius 1 is 1.33 bits per heavy atom. The third-order valence-electron chi connectivity index (χ3n) is 3.58. The van der Waals surface area contributed by atoms with Crippen molar-refractivity contribution in [1.29, 1.82) is 0 Å². The lowest BCUT2D eigenvalue weighted by molar-refractivity contribution is -0.141. The number of carboxylic acids is 1. The molecule has 100 valence electrons. The summed E-state index contributed by atoms with van der Waals surface area (Å²) in [5.74, 6) is -0.138. The summed E-state index contributed by atoms with van der Waals surface area (Å²) in [5.41, 5.74) is 1.76. The molecule has 1 fully saturated rings. The third kappa shape index (κ3) is 4.13. The summed E-state index contributed by atoms with van der Waals surface area (Å²) in [6, 6.07) is 5.10. The Kier molecular flexibility index (Phi) is 5.32. The first-order chi connectivity index (χ1) is 8.41. The van der Waals surface area contributed by atoms with Gasteiger partial charge in [0.2, 0.25) is 0 Å². The summed E-state index contributed by atoms with van der Waals surface area (Å²) in [7, 11) is 0. The molecule has 2 unspecified atom stereocenters. The summed E-state index contributed by atoms with van der Waals surface area (Å²) >= 11 is 0. The summed E-state index contributed by atoms with van der Waals surface area (Å²) in [6.07, 6.45) is 2.86. The van der Waals surface area contributed by atoms with Gasteiger partial charge in [0.25, 0.3) is 0 Å². The van der Waals surface area contributed by atoms with E-state index in [-0.39, 0.29) is 11.7 Å². The second-order valence-electron chi connectivity index (χ2n) is 5.14. The molecule has 0 aromatic heterocycles. The second-order valence-corrected chi connectivity index (χ2v) is 5.14. The molecule has 1 aliphatic carbocycles. The summed E-state index contributed by atoms with van der Waals surface area (Å²) in [5, 5.41) is 8.53. The lowest BCUT2D eigenvalue weighted by atomic mass is 10.1. The van der Waals surface area contributed by atoms with Gasteiger partial charge >= 0.3 is 5.97 Å². The number of hydrogen-bond donors (Lipinski definition) is 1. The molecule has 1 saturated carbocycles. The number of aliphatic carboxylic acids is 1. The minimum absolute atomic E-state index is 0.0417. The molecule has 0 amide bonds. The van der Waals surface area contributed by atoms with E-state index in [1.54, 1.807) is 13.0 Å². The van der Waals surface area contributed by atoms with Crippen LogP contribution in [-0.4, -0.2) is 11.1 Å². The van der Waals surface area contributed by atoms with Crippen LogP contribution in [-0.2, 0) is 4.79 Å². The molecule has 1 aromatic rings. The number of aryl methyl sites for hydroxylation is 1. The average Bonchev–Trinajstić information content (AvgIpc) is 2.74. The number of hydrogen-bond acceptors (Lipinski definition) is 1. The highest BCUT2D eigenvalue weighted by Gasteiger charge is 2.26. The predicted octanol–water partition coefficient (Wildman–Crippen LogP) is 3.95. The quantitative estimate of drug-likeness (QED) is 0.821. The minimum Gasteiger partial charge on any atom is -0.481 e. The van der Waals surface area contributed by atoms with Gasteiger partial charge in [0.05, 0.1) is 5.92 Å². The van der Waals surface area contributed by atoms with Crippen LogP contribution >= 0.6 is 0 Å². The molecule has 0 heterocycles. The van der Waals surface area contributed by atoms with Crippen molar-refractivity contribution in [3.8, 4) is 0 Å². The van der Waals surface area contributed by atoms with E-state index in [1.807, 2.05) is 13.0 Å². The molecule has 1 aromatic carbocycles. The van der Waals surface area contributed by atoms with Gasteiger partial charge in [-0.2, -0.15) is 0 Å². The van der Waals surface area contributed by atoms with Crippen LogP contribution in [0, 0.1) is 31.5 Å². The molecule has 0 saturated heterocycles. The molecular formula is C15H21FO2. The molecule has 0 bridgehead atoms. The fraction of sp³-hybridized carbons (Fsp3) is 0.533. The standard InChI is InChI=1S/C8H9F.C7H12O2/c1-6-4-3-5-8(9)7(6)2;1-5-2-3-6(4-5)7(8)9/h3-5H,1-2H3;5-6H,2-4H2,1H3,(H,8,9). The smallest absolute Gasteiger partial charge is 0.306 e. The van der Waals surface area contributed by atoms with Gasteiger partial charge in [-0.15, -0.1) is 0 Å². The summed E-state index contributed by atoms with van der Waals surface area (Å²) < 4.78 is 12.6. The Balaban J connectivity index is 0.000000180. The van der Waals surface area contributed by atoms with E-state index in [1.165, 1.54) is 6.07 Å². The summed E-state index contributed by atoms with van der Waals surface area (Å²) in [6.45, 7) is 5.80. The van der Waals surface area contributed by atoms with Crippen LogP contribution < -0.4 is 0 Å². The maximum atomic E-state index is 12.6. The number of halogens is 1. The van der Waals surface area contributed by atoms with E-state index in [0.29, 0.717) is 5.92 Å². The Morgan fingerprint density at radius 2 is 2.00 bits per heavy atom. The molecule has 2 rings (SSSR count). The van der Waals surface area contributed by atoms with Gasteiger partial charge in [-0.05, 0) is 56.2 Å². The SMILES string of the molecule is CC1CCC(C(=O)O)C1.Cc1cccc(F)c1C. The number of carbonyl (C=O) groups is 1. The molecule has 1 aliphatic rings. The lowest BCUT2D eigenvalue weighted by Gasteiger charge is -1.99. The lowest BCUT2D eigenvalue weighted by Crippen LogP contribution is -2.08. The number of rotatable bonds is 1. The van der Waals surface area contributed by atoms with E-state index in [0.717, 1.165) is 30.4 Å². The van der Waals surface area contributed by atoms with Crippen molar-refractivity contribution in [2.24, 2.45) is 11.8 Å². The largest absolute Gasteiger partial charge is 0.481 e. The normalized spacial score (nSPS) is 22.2. The van der Waals surface area contributed by atoms with Crippen molar-refractivity contribution in [2.45, 2.75) is 40.0 Å². The maximum absolute atomic E-state index is 12.6. The van der Waals surface area contributed by atoms with Crippen LogP contribution in [0.3, 0.4) is 0 Å². The van der Waals surface area contributed by atoms with Crippen molar-refractivity contribution in [3.05, 3.63) is 35.1 Å². The highest BCUT2D eigenvalue weighted by molar-refractivity contribution is 5.70. The summed E-state index contributed by atoms with van der Waals surface area (Å²) in [4.78, 5) is 10.3. The van der Waals surface area contributed by atoms with Gasteiger partial charge in [-0.25, -0.2) is 4.39 Å². The maximum Gasteiger partial charge on any atom is 0.306 e. The molecule has 1 N–H and O–H groups in total. The molecule has 0 radical (unpaired) electrons. The molecule has 18 heavy (non-hydrogen) atoms. The molecule has 3 heteroatoms. The predicted molar refractivity (Wildman–Crippen MR) is 70.0 cm³/mol. The van der Waals surface area contributed by atoms with E-state index >= 15 is 0 Å². The fourth-order valence-electron chi connectivity index (χ4n) is 2.15. The van der Waals surface area contributed by atoms with Gasteiger partial charge in [0.1, 0.15) is 5.82 Å². The van der Waals surface area contributed by atoms with Crippen LogP contribution in [0.4, 0.5) is 4.39 Å². The number of benzene rings is 1. The van der Waals surface area contributed by atoms with Crippen LogP contribution in [0.25, 0.3) is 0 Å². The van der Waals surface area contributed by atoms with Crippen molar-refractivity contribution in [2.75, 3.05) is 0 Å². The van der Waals surface area contributed by atoms with Gasteiger partial charge in [0.15, 0.2) is 0 Å². The zero-order valence-corrected chi connectivity index (χ0v) is 11.2. The monoisotopic (exact) mass is 252 g/mol. The highest BCUT2D eigenvalue weighted by Crippen LogP contribution is 2.29. The van der Waals surface area contributed by atoms with Gasteiger partial charge < -0.3 is 5.11 Å². The van der Waals surface area contributed by atoms with E-state index < -0.39 is 5.97 Å². The Bertz CT molecular complexity index is 395. The van der Waals surface area contributed by atoms with Gasteiger partial charge in [-0.1, -0.05) is 19.1 Å². The van der Waals surface area contributed by atoms with Gasteiger partial charge in [-0.3, -0.25) is 4.79 Å².